The van der Waals surface area contributed by atoms with Gasteiger partial charge in [-0.05, 0) is 256 Å². The van der Waals surface area contributed by atoms with Crippen LogP contribution in [0.2, 0.25) is 0 Å². The number of esters is 6. The first-order valence-electron chi connectivity index (χ1n) is 40.1. The maximum atomic E-state index is 13.5. The van der Waals surface area contributed by atoms with E-state index in [0.29, 0.717) is 123 Å². The van der Waals surface area contributed by atoms with E-state index < -0.39 is 58.3 Å². The highest BCUT2D eigenvalue weighted by Gasteiger charge is 2.21. The molecular weight excluding hydrogens is 1540 g/mol. The molecule has 0 amide bonds. The molecule has 11 rings (SSSR count). The average molecular weight is 1630 g/mol. The molecule has 0 aliphatic rings. The van der Waals surface area contributed by atoms with Crippen LogP contribution in [0.3, 0.4) is 0 Å². The van der Waals surface area contributed by atoms with Gasteiger partial charge in [0.2, 0.25) is 0 Å². The van der Waals surface area contributed by atoms with E-state index in [-0.39, 0.29) is 103 Å². The zero-order valence-corrected chi connectivity index (χ0v) is 65.9. The first-order chi connectivity index (χ1) is 58.0. The zero-order valence-electron chi connectivity index (χ0n) is 65.9. The molecule has 0 aliphatic heterocycles. The minimum absolute atomic E-state index is 0.0722. The molecule has 27 heteroatoms. The number of unbranched alkanes of at least 4 members (excludes halogenated alkanes) is 14. The van der Waals surface area contributed by atoms with Gasteiger partial charge in [0.25, 0.3) is 0 Å². The molecule has 0 spiro atoms. The van der Waals surface area contributed by atoms with Crippen LogP contribution in [-0.2, 0) is 28.4 Å². The highest BCUT2D eigenvalue weighted by molar-refractivity contribution is 5.98. The van der Waals surface area contributed by atoms with Gasteiger partial charge in [0, 0.05) is 70.1 Å². The standard InChI is InChI=1S/C92H94O27/c93-72-52-66(87(98)114-47-19-17-41-108-77-54-68(89(100)110-43-13-5-1-9-37-104-73-29-21-62-25-33-83(94)116-79(62)58-73)50-69(55-77)90(101)111-44-14-6-2-10-38-105-74-30-22-63-26-34-84(95)117-80(63)59-74)49-67(53-72)88(99)115-48-20-18-42-109-78-56-70(91(102)112-45-15-7-3-11-39-106-75-31-23-64-27-35-85(96)118-81(64)60-75)51-71(57-78)92(103)113-46-16-8-4-12-40-107-76-32-24-65-28-36-86(97)119-82(65)61-76/h21-36,49-61,93H,1-20,37-48H2. The number of carbonyl (C=O) groups excluding carboxylic acids is 6. The Kier molecular flexibility index (Phi) is 33.4. The fourth-order valence-corrected chi connectivity index (χ4v) is 12.5. The van der Waals surface area contributed by atoms with Crippen molar-refractivity contribution in [1.82, 2.24) is 0 Å². The fourth-order valence-electron chi connectivity index (χ4n) is 12.5. The molecule has 119 heavy (non-hydrogen) atoms. The second-order valence-corrected chi connectivity index (χ2v) is 28.1. The smallest absolute Gasteiger partial charge is 0.338 e. The predicted molar refractivity (Wildman–Crippen MR) is 438 cm³/mol. The molecule has 0 saturated carbocycles. The lowest BCUT2D eigenvalue weighted by Crippen LogP contribution is -2.12. The van der Waals surface area contributed by atoms with Crippen LogP contribution in [-0.4, -0.2) is 120 Å². The summed E-state index contributed by atoms with van der Waals surface area (Å²) in [5.41, 5.74) is 0.0609. The van der Waals surface area contributed by atoms with Crippen LogP contribution in [0.5, 0.6) is 40.2 Å². The molecule has 0 aliphatic carbocycles. The molecule has 4 heterocycles. The van der Waals surface area contributed by atoms with Gasteiger partial charge in [0.05, 0.1) is 113 Å². The number of phenols is 1. The molecule has 1 N–H and O–H groups in total. The van der Waals surface area contributed by atoms with Crippen LogP contribution in [0.25, 0.3) is 43.9 Å². The number of benzene rings is 7. The lowest BCUT2D eigenvalue weighted by molar-refractivity contribution is 0.0476. The summed E-state index contributed by atoms with van der Waals surface area (Å²) in [5, 5.41) is 13.7. The molecule has 0 bridgehead atoms. The van der Waals surface area contributed by atoms with Crippen molar-refractivity contribution in [3.05, 3.63) is 251 Å². The van der Waals surface area contributed by atoms with Gasteiger partial charge in [-0.2, -0.15) is 0 Å². The lowest BCUT2D eigenvalue weighted by Gasteiger charge is -2.12. The van der Waals surface area contributed by atoms with E-state index in [0.717, 1.165) is 111 Å². The molecule has 624 valence electrons. The van der Waals surface area contributed by atoms with E-state index in [1.807, 2.05) is 48.5 Å². The molecule has 4 aromatic heterocycles. The minimum Gasteiger partial charge on any atom is -0.508 e. The van der Waals surface area contributed by atoms with Crippen molar-refractivity contribution in [3.8, 4) is 40.2 Å². The minimum atomic E-state index is -0.816. The molecule has 0 saturated heterocycles. The monoisotopic (exact) mass is 1630 g/mol. The maximum absolute atomic E-state index is 13.5. The third-order valence-electron chi connectivity index (χ3n) is 18.8. The Hall–Kier alpha value is -13.2. The average Bonchev–Trinajstić information content (AvgIpc) is 0.870. The quantitative estimate of drug-likeness (QED) is 0.0160. The SMILES string of the molecule is O=C(OCCCCCCOc1ccc2ccc(=O)oc2c1)c1cc(OCCCCOC(=O)c2cc(O)cc(C(=O)OCCCCOc3cc(C(=O)OCCCCCCOc4ccc5ccc(=O)oc5c4)cc(C(=O)OCCCCCCOc4ccc5ccc(=O)oc5c4)c3)c2)cc(C(=O)OCCCCCCOc2ccc3ccc(=O)oc3c2)c1. The summed E-state index contributed by atoms with van der Waals surface area (Å²) in [6.07, 6.45) is 12.7. The Bertz CT molecular complexity index is 4890. The van der Waals surface area contributed by atoms with Gasteiger partial charge < -0.3 is 79.6 Å². The number of phenolic OH excluding ortho intramolecular Hbond substituents is 1. The van der Waals surface area contributed by atoms with Gasteiger partial charge in [-0.15, -0.1) is 0 Å². The number of carbonyl (C=O) groups is 6. The summed E-state index contributed by atoms with van der Waals surface area (Å²) in [6.45, 7) is 2.22. The summed E-state index contributed by atoms with van der Waals surface area (Å²) in [5.74, 6) is -1.96. The second-order valence-electron chi connectivity index (χ2n) is 28.1. The van der Waals surface area contributed by atoms with E-state index in [1.165, 1.54) is 66.7 Å². The Morgan fingerprint density at radius 3 is 0.630 bits per heavy atom. The van der Waals surface area contributed by atoms with Crippen molar-refractivity contribution >= 4 is 79.7 Å². The van der Waals surface area contributed by atoms with Crippen LogP contribution < -0.4 is 50.9 Å². The molecule has 0 unspecified atom stereocenters. The third kappa shape index (κ3) is 28.6. The first-order valence-corrected chi connectivity index (χ1v) is 40.1. The van der Waals surface area contributed by atoms with Crippen molar-refractivity contribution < 1.29 is 108 Å². The zero-order chi connectivity index (χ0) is 83.3. The number of fused-ring (bicyclic) bond motifs is 4. The van der Waals surface area contributed by atoms with E-state index in [2.05, 4.69) is 0 Å². The van der Waals surface area contributed by atoms with Crippen LogP contribution in [0.4, 0.5) is 0 Å². The van der Waals surface area contributed by atoms with E-state index >= 15 is 0 Å². The van der Waals surface area contributed by atoms with Crippen molar-refractivity contribution in [2.45, 2.75) is 128 Å². The Morgan fingerprint density at radius 1 is 0.210 bits per heavy atom. The largest absolute Gasteiger partial charge is 0.508 e. The molecule has 0 atom stereocenters. The van der Waals surface area contributed by atoms with Crippen LogP contribution in [0.1, 0.15) is 191 Å². The van der Waals surface area contributed by atoms with E-state index in [1.54, 1.807) is 48.5 Å². The van der Waals surface area contributed by atoms with Crippen LogP contribution >= 0.6 is 0 Å². The first kappa shape index (κ1) is 86.7. The number of hydrogen-bond donors (Lipinski definition) is 1. The fraction of sp³-hybridized carbons (Fsp3) is 0.348. The Morgan fingerprint density at radius 2 is 0.395 bits per heavy atom. The molecule has 0 fully saturated rings. The molecule has 7 aromatic carbocycles. The van der Waals surface area contributed by atoms with Crippen molar-refractivity contribution in [2.24, 2.45) is 0 Å². The van der Waals surface area contributed by atoms with Gasteiger partial charge in [0.15, 0.2) is 0 Å². The molecule has 0 radical (unpaired) electrons. The Labute approximate surface area is 683 Å². The van der Waals surface area contributed by atoms with E-state index in [4.69, 9.17) is 74.5 Å². The number of rotatable bonds is 50. The second kappa shape index (κ2) is 45.9. The normalized spacial score (nSPS) is 11.1. The Balaban J connectivity index is 0.596. The summed E-state index contributed by atoms with van der Waals surface area (Å²) in [4.78, 5) is 127. The topological polar surface area (TPSA) is 354 Å². The van der Waals surface area contributed by atoms with Gasteiger partial charge in [0.1, 0.15) is 62.6 Å². The molecule has 27 nitrogen and oxygen atoms in total. The van der Waals surface area contributed by atoms with Gasteiger partial charge >= 0.3 is 58.3 Å². The van der Waals surface area contributed by atoms with Crippen LogP contribution in [0.15, 0.2) is 213 Å². The molecular formula is C92H94O27. The van der Waals surface area contributed by atoms with Gasteiger partial charge in [-0.25, -0.2) is 47.9 Å². The van der Waals surface area contributed by atoms with Gasteiger partial charge in [-0.1, -0.05) is 0 Å². The summed E-state index contributed by atoms with van der Waals surface area (Å²) in [7, 11) is 0. The van der Waals surface area contributed by atoms with Gasteiger partial charge in [-0.3, -0.25) is 0 Å². The highest BCUT2D eigenvalue weighted by atomic mass is 16.6. The number of hydrogen-bond acceptors (Lipinski definition) is 27. The summed E-state index contributed by atoms with van der Waals surface area (Å²) >= 11 is 0. The van der Waals surface area contributed by atoms with Crippen LogP contribution in [0, 0.1) is 0 Å². The lowest BCUT2D eigenvalue weighted by atomic mass is 10.1. The van der Waals surface area contributed by atoms with Crippen molar-refractivity contribution in [3.63, 3.8) is 0 Å². The molecule has 11 aromatic rings. The summed E-state index contributed by atoms with van der Waals surface area (Å²) < 4.78 is 90.1. The highest BCUT2D eigenvalue weighted by Crippen LogP contribution is 2.28. The van der Waals surface area contributed by atoms with Crippen molar-refractivity contribution in [1.29, 1.82) is 0 Å². The predicted octanol–water partition coefficient (Wildman–Crippen LogP) is 17.0. The number of ether oxygens (including phenoxy) is 12. The maximum Gasteiger partial charge on any atom is 0.338 e. The summed E-state index contributed by atoms with van der Waals surface area (Å²) in [6, 6.07) is 45.6. The number of aromatic hydroxyl groups is 1. The third-order valence-corrected chi connectivity index (χ3v) is 18.8. The van der Waals surface area contributed by atoms with Crippen molar-refractivity contribution in [2.75, 3.05) is 79.3 Å². The van der Waals surface area contributed by atoms with E-state index in [9.17, 15) is 53.1 Å².